The normalized spacial score (nSPS) is 39.9. The van der Waals surface area contributed by atoms with E-state index in [-0.39, 0.29) is 17.8 Å². The highest BCUT2D eigenvalue weighted by atomic mass is 16.8. The lowest BCUT2D eigenvalue weighted by Crippen LogP contribution is -3.17. The summed E-state index contributed by atoms with van der Waals surface area (Å²) >= 11 is 0. The minimum absolute atomic E-state index is 0.105. The summed E-state index contributed by atoms with van der Waals surface area (Å²) in [5, 5.41) is 20.1. The zero-order valence-electron chi connectivity index (χ0n) is 14.7. The predicted molar refractivity (Wildman–Crippen MR) is 86.2 cm³/mol. The molecular formula is C17H33N2O4+. The van der Waals surface area contributed by atoms with Gasteiger partial charge in [0.15, 0.2) is 5.78 Å². The molecule has 1 aliphatic heterocycles. The van der Waals surface area contributed by atoms with Gasteiger partial charge in [0.1, 0.15) is 18.7 Å². The minimum atomic E-state index is -0.825. The number of ether oxygens (including phenoxy) is 1. The Bertz CT molecular complexity index is 391. The maximum absolute atomic E-state index is 12.7. The monoisotopic (exact) mass is 329 g/mol. The van der Waals surface area contributed by atoms with Crippen molar-refractivity contribution in [3.8, 4) is 0 Å². The molecule has 0 bridgehead atoms. The van der Waals surface area contributed by atoms with Crippen molar-refractivity contribution >= 4 is 5.78 Å². The maximum atomic E-state index is 12.7. The number of carbonyl (C=O) groups excluding carboxylic acids is 1. The van der Waals surface area contributed by atoms with Crippen molar-refractivity contribution in [1.29, 1.82) is 0 Å². The zero-order chi connectivity index (χ0) is 17.0. The number of quaternary nitrogens is 2. The van der Waals surface area contributed by atoms with E-state index in [4.69, 9.17) is 4.74 Å². The Hall–Kier alpha value is -0.530. The largest absolute Gasteiger partial charge is 0.600 e. The minimum Gasteiger partial charge on any atom is -0.600 e. The molecule has 3 N–H and O–H groups in total. The molecule has 2 fully saturated rings. The van der Waals surface area contributed by atoms with Gasteiger partial charge < -0.3 is 14.8 Å². The predicted octanol–water partition coefficient (Wildman–Crippen LogP) is -0.395. The van der Waals surface area contributed by atoms with Gasteiger partial charge in [-0.15, -0.1) is 0 Å². The van der Waals surface area contributed by atoms with Crippen LogP contribution in [0.15, 0.2) is 0 Å². The third kappa shape index (κ3) is 4.97. The van der Waals surface area contributed by atoms with Crippen LogP contribution >= 0.6 is 0 Å². The van der Waals surface area contributed by atoms with Crippen LogP contribution in [0.5, 0.6) is 0 Å². The van der Waals surface area contributed by atoms with Crippen molar-refractivity contribution in [2.24, 2.45) is 11.8 Å². The van der Waals surface area contributed by atoms with Crippen molar-refractivity contribution in [2.75, 3.05) is 19.7 Å². The summed E-state index contributed by atoms with van der Waals surface area (Å²) in [6, 6.07) is -0.0100. The molecule has 6 nitrogen and oxygen atoms in total. The Labute approximate surface area is 139 Å². The number of hydrogen-bond donors (Lipinski definition) is 3. The quantitative estimate of drug-likeness (QED) is 0.580. The lowest BCUT2D eigenvalue weighted by atomic mass is 9.81. The van der Waals surface area contributed by atoms with E-state index in [1.807, 2.05) is 6.92 Å². The standard InChI is InChI=1S/C17H32N2O4/c1-4-23-17-6-5-14(10-15(17)19(21)22)16(20)11-18-8-7-12(2)9-13(18)3/h12-15,17,19,21H,4-11H2,1-3H3/p+1. The molecule has 1 saturated carbocycles. The van der Waals surface area contributed by atoms with Crippen LogP contribution in [0.4, 0.5) is 0 Å². The average molecular weight is 329 g/mol. The summed E-state index contributed by atoms with van der Waals surface area (Å²) in [5.74, 6) is 0.899. The van der Waals surface area contributed by atoms with Gasteiger partial charge in [0.05, 0.1) is 12.6 Å². The Morgan fingerprint density at radius 1 is 1.30 bits per heavy atom. The van der Waals surface area contributed by atoms with Crippen LogP contribution in [0.25, 0.3) is 0 Å². The van der Waals surface area contributed by atoms with Gasteiger partial charge in [-0.3, -0.25) is 4.79 Å². The molecule has 2 rings (SSSR count). The fourth-order valence-electron chi connectivity index (χ4n) is 4.31. The lowest BCUT2D eigenvalue weighted by Gasteiger charge is -2.38. The van der Waals surface area contributed by atoms with Crippen LogP contribution < -0.4 is 10.1 Å². The summed E-state index contributed by atoms with van der Waals surface area (Å²) in [6.07, 6.45) is 4.02. The molecule has 7 atom stereocenters. The Morgan fingerprint density at radius 2 is 2.04 bits per heavy atom. The van der Waals surface area contributed by atoms with Gasteiger partial charge in [-0.2, -0.15) is 0 Å². The summed E-state index contributed by atoms with van der Waals surface area (Å²) < 4.78 is 5.57. The number of hydroxylamine groups is 2. The first-order valence-electron chi connectivity index (χ1n) is 9.14. The van der Waals surface area contributed by atoms with Crippen LogP contribution in [-0.2, 0) is 9.53 Å². The number of nitrogens with one attached hydrogen (secondary N) is 2. The van der Waals surface area contributed by atoms with E-state index in [1.54, 1.807) is 0 Å². The van der Waals surface area contributed by atoms with Crippen LogP contribution in [-0.4, -0.2) is 48.9 Å². The molecule has 0 amide bonds. The van der Waals surface area contributed by atoms with Gasteiger partial charge >= 0.3 is 0 Å². The van der Waals surface area contributed by atoms with Crippen LogP contribution in [0.3, 0.4) is 0 Å². The molecular weight excluding hydrogens is 296 g/mol. The molecule has 2 aliphatic rings. The number of carbonyl (C=O) groups is 1. The van der Waals surface area contributed by atoms with E-state index in [2.05, 4.69) is 13.8 Å². The van der Waals surface area contributed by atoms with Crippen molar-refractivity contribution in [3.05, 3.63) is 5.21 Å². The summed E-state index contributed by atoms with van der Waals surface area (Å²) in [5.41, 5.74) is 0. The molecule has 0 spiro atoms. The zero-order valence-corrected chi connectivity index (χ0v) is 14.7. The van der Waals surface area contributed by atoms with Gasteiger partial charge in [-0.1, -0.05) is 6.92 Å². The first-order valence-corrected chi connectivity index (χ1v) is 9.14. The molecule has 134 valence electrons. The molecule has 0 aromatic rings. The van der Waals surface area contributed by atoms with Gasteiger partial charge in [-0.05, 0) is 39.0 Å². The first-order chi connectivity index (χ1) is 10.9. The van der Waals surface area contributed by atoms with Crippen LogP contribution in [0.1, 0.15) is 52.9 Å². The second-order valence-electron chi connectivity index (χ2n) is 7.53. The van der Waals surface area contributed by atoms with E-state index in [0.717, 1.165) is 18.9 Å². The summed E-state index contributed by atoms with van der Waals surface area (Å²) in [6.45, 7) is 8.54. The highest BCUT2D eigenvalue weighted by Crippen LogP contribution is 2.26. The third-order valence-electron chi connectivity index (χ3n) is 5.75. The van der Waals surface area contributed by atoms with Crippen LogP contribution in [0.2, 0.25) is 0 Å². The van der Waals surface area contributed by atoms with Crippen molar-refractivity contribution < 1.29 is 24.9 Å². The van der Waals surface area contributed by atoms with Crippen molar-refractivity contribution in [3.63, 3.8) is 0 Å². The second kappa shape index (κ2) is 8.53. The van der Waals surface area contributed by atoms with Crippen LogP contribution in [0, 0.1) is 17.0 Å². The van der Waals surface area contributed by atoms with E-state index in [0.29, 0.717) is 32.0 Å². The fraction of sp³-hybridized carbons (Fsp3) is 0.941. The molecule has 1 aliphatic carbocycles. The smallest absolute Gasteiger partial charge is 0.190 e. The molecule has 7 unspecified atom stereocenters. The lowest BCUT2D eigenvalue weighted by molar-refractivity contribution is -1.07. The van der Waals surface area contributed by atoms with Crippen molar-refractivity contribution in [1.82, 2.24) is 0 Å². The van der Waals surface area contributed by atoms with E-state index in [1.165, 1.54) is 17.7 Å². The van der Waals surface area contributed by atoms with E-state index in [9.17, 15) is 15.2 Å². The number of likely N-dealkylation sites (tertiary alicyclic amines) is 1. The molecule has 1 saturated heterocycles. The SMILES string of the molecule is CCOC1CCC(C(=O)C[NH+]2CCC(C)CC2C)CC1[NH+]([O-])O. The summed E-state index contributed by atoms with van der Waals surface area (Å²) in [7, 11) is 0. The van der Waals surface area contributed by atoms with Gasteiger partial charge in [0, 0.05) is 25.4 Å². The molecule has 1 heterocycles. The molecule has 0 radical (unpaired) electrons. The molecule has 23 heavy (non-hydrogen) atoms. The topological polar surface area (TPSA) is 78.5 Å². The Kier molecular flexibility index (Phi) is 6.98. The second-order valence-corrected chi connectivity index (χ2v) is 7.53. The summed E-state index contributed by atoms with van der Waals surface area (Å²) in [4.78, 5) is 14.1. The van der Waals surface area contributed by atoms with E-state index >= 15 is 0 Å². The number of Topliss-reactive ketones (excluding diaryl/α,β-unsaturated/α-hetero) is 1. The molecule has 0 aromatic carbocycles. The number of ketones is 1. The fourth-order valence-corrected chi connectivity index (χ4v) is 4.31. The number of piperidine rings is 1. The average Bonchev–Trinajstić information content (AvgIpc) is 2.50. The van der Waals surface area contributed by atoms with Gasteiger partial charge in [0.2, 0.25) is 0 Å². The number of hydrogen-bond acceptors (Lipinski definition) is 4. The molecule has 6 heteroatoms. The van der Waals surface area contributed by atoms with E-state index < -0.39 is 11.3 Å². The Balaban J connectivity index is 1.90. The Morgan fingerprint density at radius 3 is 2.65 bits per heavy atom. The first kappa shape index (κ1) is 18.8. The highest BCUT2D eigenvalue weighted by molar-refractivity contribution is 5.82. The third-order valence-corrected chi connectivity index (χ3v) is 5.75. The highest BCUT2D eigenvalue weighted by Gasteiger charge is 2.40. The van der Waals surface area contributed by atoms with Gasteiger partial charge in [-0.25, -0.2) is 10.4 Å². The number of rotatable bonds is 6. The molecule has 0 aromatic heterocycles. The van der Waals surface area contributed by atoms with Crippen molar-refractivity contribution in [2.45, 2.75) is 71.1 Å². The maximum Gasteiger partial charge on any atom is 0.190 e. The van der Waals surface area contributed by atoms with Gasteiger partial charge in [0.25, 0.3) is 0 Å².